The first-order valence-corrected chi connectivity index (χ1v) is 7.02. The first-order valence-electron chi connectivity index (χ1n) is 7.02. The molecule has 0 saturated heterocycles. The molecule has 3 nitrogen and oxygen atoms in total. The van der Waals surface area contributed by atoms with Crippen molar-refractivity contribution in [3.63, 3.8) is 0 Å². The van der Waals surface area contributed by atoms with Crippen molar-refractivity contribution in [3.05, 3.63) is 70.8 Å². The molecule has 2 aromatic rings. The normalized spacial score (nSPS) is 12.0. The Balaban J connectivity index is 2.01. The summed E-state index contributed by atoms with van der Waals surface area (Å²) < 4.78 is 5.33. The molecule has 0 aromatic heterocycles. The molecular formula is C18H20O3. The van der Waals surface area contributed by atoms with Gasteiger partial charge in [-0.1, -0.05) is 36.4 Å². The van der Waals surface area contributed by atoms with E-state index in [-0.39, 0.29) is 25.1 Å². The Labute approximate surface area is 125 Å². The lowest BCUT2D eigenvalue weighted by Gasteiger charge is -2.15. The Hall–Kier alpha value is -2.13. The van der Waals surface area contributed by atoms with Crippen molar-refractivity contribution in [3.8, 4) is 0 Å². The average molecular weight is 284 g/mol. The fraction of sp³-hybridized carbons (Fsp3) is 0.278. The number of hydrogen-bond donors (Lipinski definition) is 1. The molecule has 0 heterocycles. The molecule has 2 aromatic carbocycles. The van der Waals surface area contributed by atoms with Crippen LogP contribution < -0.4 is 0 Å². The van der Waals surface area contributed by atoms with Gasteiger partial charge >= 0.3 is 5.97 Å². The van der Waals surface area contributed by atoms with E-state index in [0.29, 0.717) is 5.56 Å². The fourth-order valence-corrected chi connectivity index (χ4v) is 2.11. The van der Waals surface area contributed by atoms with Crippen LogP contribution in [0.3, 0.4) is 0 Å². The Kier molecular flexibility index (Phi) is 5.12. The van der Waals surface area contributed by atoms with E-state index in [1.54, 1.807) is 6.07 Å². The minimum Gasteiger partial charge on any atom is -0.461 e. The van der Waals surface area contributed by atoms with Crippen molar-refractivity contribution in [2.75, 3.05) is 13.2 Å². The van der Waals surface area contributed by atoms with Crippen LogP contribution in [0.25, 0.3) is 0 Å². The van der Waals surface area contributed by atoms with E-state index in [9.17, 15) is 9.90 Å². The van der Waals surface area contributed by atoms with Crippen LogP contribution in [-0.2, 0) is 4.74 Å². The van der Waals surface area contributed by atoms with Gasteiger partial charge in [0.2, 0.25) is 0 Å². The van der Waals surface area contributed by atoms with Gasteiger partial charge in [-0.3, -0.25) is 0 Å². The number of aliphatic hydroxyl groups excluding tert-OH is 1. The van der Waals surface area contributed by atoms with Crippen LogP contribution in [0, 0.1) is 13.8 Å². The number of aryl methyl sites for hydroxylation is 2. The summed E-state index contributed by atoms with van der Waals surface area (Å²) in [7, 11) is 0. The highest BCUT2D eigenvalue weighted by molar-refractivity contribution is 5.89. The van der Waals surface area contributed by atoms with Crippen molar-refractivity contribution in [1.29, 1.82) is 0 Å². The standard InChI is InChI=1S/C18H20O3/c1-13-8-9-16(10-14(13)2)18(20)21-12-17(11-19)15-6-4-3-5-7-15/h3-10,17,19H,11-12H2,1-2H3. The second-order valence-corrected chi connectivity index (χ2v) is 5.19. The number of rotatable bonds is 5. The molecule has 0 fully saturated rings. The second-order valence-electron chi connectivity index (χ2n) is 5.19. The van der Waals surface area contributed by atoms with Crippen LogP contribution in [0.1, 0.15) is 33.0 Å². The van der Waals surface area contributed by atoms with E-state index in [0.717, 1.165) is 16.7 Å². The number of hydrogen-bond acceptors (Lipinski definition) is 3. The molecule has 0 aliphatic carbocycles. The van der Waals surface area contributed by atoms with Gasteiger partial charge in [0.15, 0.2) is 0 Å². The third-order valence-electron chi connectivity index (χ3n) is 3.65. The number of carbonyl (C=O) groups excluding carboxylic acids is 1. The van der Waals surface area contributed by atoms with Crippen LogP contribution in [0.5, 0.6) is 0 Å². The Bertz CT molecular complexity index is 605. The summed E-state index contributed by atoms with van der Waals surface area (Å²) in [5, 5.41) is 9.45. The second kappa shape index (κ2) is 7.04. The Morgan fingerprint density at radius 2 is 1.81 bits per heavy atom. The highest BCUT2D eigenvalue weighted by Gasteiger charge is 2.14. The highest BCUT2D eigenvalue weighted by atomic mass is 16.5. The Morgan fingerprint density at radius 1 is 1.10 bits per heavy atom. The van der Waals surface area contributed by atoms with Gasteiger partial charge in [-0.2, -0.15) is 0 Å². The predicted octanol–water partition coefficient (Wildman–Crippen LogP) is 3.24. The maximum atomic E-state index is 12.1. The molecule has 0 saturated carbocycles. The molecule has 3 heteroatoms. The van der Waals surface area contributed by atoms with Gasteiger partial charge in [-0.15, -0.1) is 0 Å². The topological polar surface area (TPSA) is 46.5 Å². The zero-order chi connectivity index (χ0) is 15.2. The van der Waals surface area contributed by atoms with Crippen LogP contribution in [0.4, 0.5) is 0 Å². The zero-order valence-electron chi connectivity index (χ0n) is 12.4. The summed E-state index contributed by atoms with van der Waals surface area (Å²) in [6.07, 6.45) is 0. The van der Waals surface area contributed by atoms with E-state index in [4.69, 9.17) is 4.74 Å². The molecule has 0 aliphatic rings. The highest BCUT2D eigenvalue weighted by Crippen LogP contribution is 2.17. The van der Waals surface area contributed by atoms with Crippen molar-refractivity contribution >= 4 is 5.97 Å². The van der Waals surface area contributed by atoms with Gasteiger partial charge < -0.3 is 9.84 Å². The molecule has 1 N–H and O–H groups in total. The summed E-state index contributed by atoms with van der Waals surface area (Å²) in [6, 6.07) is 15.1. The van der Waals surface area contributed by atoms with Crippen LogP contribution in [0.2, 0.25) is 0 Å². The SMILES string of the molecule is Cc1ccc(C(=O)OCC(CO)c2ccccc2)cc1C. The summed E-state index contributed by atoms with van der Waals surface area (Å²) in [5.74, 6) is -0.547. The van der Waals surface area contributed by atoms with Gasteiger partial charge in [0, 0.05) is 5.92 Å². The molecule has 1 unspecified atom stereocenters. The van der Waals surface area contributed by atoms with E-state index in [2.05, 4.69) is 0 Å². The van der Waals surface area contributed by atoms with Crippen LogP contribution in [-0.4, -0.2) is 24.3 Å². The monoisotopic (exact) mass is 284 g/mol. The first kappa shape index (κ1) is 15.3. The van der Waals surface area contributed by atoms with E-state index >= 15 is 0 Å². The first-order chi connectivity index (χ1) is 10.1. The molecule has 0 bridgehead atoms. The molecule has 110 valence electrons. The number of aliphatic hydroxyl groups is 1. The van der Waals surface area contributed by atoms with Crippen LogP contribution >= 0.6 is 0 Å². The molecule has 21 heavy (non-hydrogen) atoms. The Morgan fingerprint density at radius 3 is 2.43 bits per heavy atom. The van der Waals surface area contributed by atoms with Gasteiger partial charge in [-0.05, 0) is 42.7 Å². The van der Waals surface area contributed by atoms with Gasteiger partial charge in [0.1, 0.15) is 6.61 Å². The molecular weight excluding hydrogens is 264 g/mol. The third-order valence-corrected chi connectivity index (χ3v) is 3.65. The molecule has 0 radical (unpaired) electrons. The molecule has 0 aliphatic heterocycles. The molecule has 2 rings (SSSR count). The van der Waals surface area contributed by atoms with Gasteiger partial charge in [0.05, 0.1) is 12.2 Å². The van der Waals surface area contributed by atoms with Crippen LogP contribution in [0.15, 0.2) is 48.5 Å². The number of carbonyl (C=O) groups is 1. The smallest absolute Gasteiger partial charge is 0.338 e. The lowest BCUT2D eigenvalue weighted by molar-refractivity contribution is 0.0450. The molecule has 0 amide bonds. The lowest BCUT2D eigenvalue weighted by Crippen LogP contribution is -2.16. The summed E-state index contributed by atoms with van der Waals surface area (Å²) >= 11 is 0. The number of ether oxygens (including phenoxy) is 1. The number of benzene rings is 2. The predicted molar refractivity (Wildman–Crippen MR) is 82.5 cm³/mol. The fourth-order valence-electron chi connectivity index (χ4n) is 2.11. The van der Waals surface area contributed by atoms with Crippen molar-refractivity contribution < 1.29 is 14.6 Å². The van der Waals surface area contributed by atoms with E-state index in [1.807, 2.05) is 56.3 Å². The lowest BCUT2D eigenvalue weighted by atomic mass is 10.0. The number of esters is 1. The van der Waals surface area contributed by atoms with Crippen molar-refractivity contribution in [1.82, 2.24) is 0 Å². The third kappa shape index (κ3) is 3.92. The minimum absolute atomic E-state index is 0.0514. The summed E-state index contributed by atoms with van der Waals surface area (Å²) in [4.78, 5) is 12.1. The maximum Gasteiger partial charge on any atom is 0.338 e. The van der Waals surface area contributed by atoms with Crippen molar-refractivity contribution in [2.45, 2.75) is 19.8 Å². The zero-order valence-corrected chi connectivity index (χ0v) is 12.4. The molecule has 1 atom stereocenters. The van der Waals surface area contributed by atoms with Gasteiger partial charge in [-0.25, -0.2) is 4.79 Å². The summed E-state index contributed by atoms with van der Waals surface area (Å²) in [6.45, 7) is 4.09. The average Bonchev–Trinajstić information content (AvgIpc) is 2.51. The van der Waals surface area contributed by atoms with E-state index in [1.165, 1.54) is 0 Å². The molecule has 0 spiro atoms. The maximum absolute atomic E-state index is 12.1. The van der Waals surface area contributed by atoms with Crippen molar-refractivity contribution in [2.24, 2.45) is 0 Å². The largest absolute Gasteiger partial charge is 0.461 e. The minimum atomic E-state index is -0.354. The summed E-state index contributed by atoms with van der Waals surface area (Å²) in [5.41, 5.74) is 3.71. The van der Waals surface area contributed by atoms with E-state index < -0.39 is 0 Å². The van der Waals surface area contributed by atoms with Gasteiger partial charge in [0.25, 0.3) is 0 Å². The quantitative estimate of drug-likeness (QED) is 0.857.